The number of hydrogen-bond acceptors (Lipinski definition) is 1. The van der Waals surface area contributed by atoms with Crippen LogP contribution in [0.25, 0.3) is 0 Å². The third-order valence-corrected chi connectivity index (χ3v) is 2.81. The molecule has 0 nitrogen and oxygen atoms in total. The monoisotopic (exact) mass is 240 g/mol. The third kappa shape index (κ3) is 7.52. The minimum atomic E-state index is -0.166. The SMILES string of the molecule is CC.CC/C=C/CCSc1ccc(F)cc1. The molecule has 1 aromatic rings. The van der Waals surface area contributed by atoms with E-state index in [0.29, 0.717) is 0 Å². The summed E-state index contributed by atoms with van der Waals surface area (Å²) in [6, 6.07) is 6.65. The summed E-state index contributed by atoms with van der Waals surface area (Å²) in [5, 5.41) is 0. The van der Waals surface area contributed by atoms with Gasteiger partial charge in [0.05, 0.1) is 0 Å². The topological polar surface area (TPSA) is 0 Å². The second-order valence-corrected chi connectivity index (χ2v) is 4.14. The van der Waals surface area contributed by atoms with Crippen LogP contribution in [0.2, 0.25) is 0 Å². The van der Waals surface area contributed by atoms with Gasteiger partial charge in [-0.3, -0.25) is 0 Å². The van der Waals surface area contributed by atoms with E-state index in [2.05, 4.69) is 19.1 Å². The Labute approximate surface area is 103 Å². The largest absolute Gasteiger partial charge is 0.207 e. The molecule has 0 saturated heterocycles. The van der Waals surface area contributed by atoms with Gasteiger partial charge >= 0.3 is 0 Å². The highest BCUT2D eigenvalue weighted by Gasteiger charge is 1.93. The highest BCUT2D eigenvalue weighted by Crippen LogP contribution is 2.18. The van der Waals surface area contributed by atoms with Crippen molar-refractivity contribution in [3.63, 3.8) is 0 Å². The van der Waals surface area contributed by atoms with Gasteiger partial charge in [-0.25, -0.2) is 4.39 Å². The third-order valence-electron chi connectivity index (χ3n) is 1.77. The maximum atomic E-state index is 12.6. The van der Waals surface area contributed by atoms with E-state index in [-0.39, 0.29) is 5.82 Å². The van der Waals surface area contributed by atoms with Crippen molar-refractivity contribution in [3.8, 4) is 0 Å². The Hall–Kier alpha value is -0.760. The molecule has 0 fully saturated rings. The van der Waals surface area contributed by atoms with Crippen molar-refractivity contribution >= 4 is 11.8 Å². The Bertz CT molecular complexity index is 277. The number of allylic oxidation sites excluding steroid dienone is 2. The fraction of sp³-hybridized carbons (Fsp3) is 0.429. The lowest BCUT2D eigenvalue weighted by Crippen LogP contribution is -1.78. The molecule has 0 bridgehead atoms. The minimum Gasteiger partial charge on any atom is -0.207 e. The molecule has 90 valence electrons. The lowest BCUT2D eigenvalue weighted by Gasteiger charge is -1.98. The predicted octanol–water partition coefficient (Wildman–Crippen LogP) is 5.30. The van der Waals surface area contributed by atoms with Gasteiger partial charge in [-0.15, -0.1) is 11.8 Å². The first-order chi connectivity index (χ1) is 7.83. The minimum absolute atomic E-state index is 0.166. The van der Waals surface area contributed by atoms with Gasteiger partial charge in [0.1, 0.15) is 5.82 Å². The van der Waals surface area contributed by atoms with Gasteiger partial charge in [0.15, 0.2) is 0 Å². The molecule has 1 rings (SSSR count). The highest BCUT2D eigenvalue weighted by molar-refractivity contribution is 7.99. The summed E-state index contributed by atoms with van der Waals surface area (Å²) in [5.41, 5.74) is 0. The Kier molecular flexibility index (Phi) is 10.2. The van der Waals surface area contributed by atoms with E-state index >= 15 is 0 Å². The molecule has 0 atom stereocenters. The van der Waals surface area contributed by atoms with Crippen molar-refractivity contribution in [2.75, 3.05) is 5.75 Å². The van der Waals surface area contributed by atoms with Gasteiger partial charge in [-0.1, -0.05) is 32.9 Å². The molecule has 0 N–H and O–H groups in total. The molecule has 0 aromatic heterocycles. The van der Waals surface area contributed by atoms with Crippen LogP contribution in [-0.4, -0.2) is 5.75 Å². The van der Waals surface area contributed by atoms with E-state index in [4.69, 9.17) is 0 Å². The lowest BCUT2D eigenvalue weighted by molar-refractivity contribution is 0.626. The van der Waals surface area contributed by atoms with Crippen LogP contribution in [0.1, 0.15) is 33.6 Å². The zero-order chi connectivity index (χ0) is 12.2. The summed E-state index contributed by atoms with van der Waals surface area (Å²) in [6.07, 6.45) is 6.54. The number of thioether (sulfide) groups is 1. The molecule has 0 aliphatic carbocycles. The molecule has 0 heterocycles. The Morgan fingerprint density at radius 1 is 1.12 bits per heavy atom. The molecule has 0 radical (unpaired) electrons. The summed E-state index contributed by atoms with van der Waals surface area (Å²) < 4.78 is 12.6. The standard InChI is InChI=1S/C12H15FS.C2H6/c1-2-3-4-5-10-14-12-8-6-11(13)7-9-12;1-2/h3-4,6-9H,2,5,10H2,1H3;1-2H3/b4-3+;. The fourth-order valence-corrected chi connectivity index (χ4v) is 1.88. The zero-order valence-corrected chi connectivity index (χ0v) is 11.2. The molecule has 0 spiro atoms. The van der Waals surface area contributed by atoms with Crippen LogP contribution < -0.4 is 0 Å². The average Bonchev–Trinajstić information content (AvgIpc) is 2.34. The number of benzene rings is 1. The first-order valence-corrected chi connectivity index (χ1v) is 6.85. The van der Waals surface area contributed by atoms with Crippen LogP contribution in [0.5, 0.6) is 0 Å². The molecule has 16 heavy (non-hydrogen) atoms. The molecular weight excluding hydrogens is 219 g/mol. The lowest BCUT2D eigenvalue weighted by atomic mass is 10.3. The van der Waals surface area contributed by atoms with Crippen LogP contribution in [0.4, 0.5) is 4.39 Å². The molecule has 0 amide bonds. The predicted molar refractivity (Wildman–Crippen MR) is 72.5 cm³/mol. The number of hydrogen-bond donors (Lipinski definition) is 0. The smallest absolute Gasteiger partial charge is 0.123 e. The van der Waals surface area contributed by atoms with Crippen LogP contribution in [0.3, 0.4) is 0 Å². The number of rotatable bonds is 5. The number of halogens is 1. The second-order valence-electron chi connectivity index (χ2n) is 2.97. The summed E-state index contributed by atoms with van der Waals surface area (Å²) in [7, 11) is 0. The maximum absolute atomic E-state index is 12.6. The average molecular weight is 240 g/mol. The molecule has 0 saturated carbocycles. The molecule has 0 aliphatic heterocycles. The normalized spacial score (nSPS) is 10.0. The van der Waals surface area contributed by atoms with Crippen molar-refractivity contribution in [1.29, 1.82) is 0 Å². The van der Waals surface area contributed by atoms with Crippen LogP contribution >= 0.6 is 11.8 Å². The first-order valence-electron chi connectivity index (χ1n) is 5.86. The van der Waals surface area contributed by atoms with E-state index in [1.807, 2.05) is 26.0 Å². The first kappa shape index (κ1) is 15.2. The fourth-order valence-electron chi connectivity index (χ4n) is 1.06. The summed E-state index contributed by atoms with van der Waals surface area (Å²) in [5.74, 6) is 0.891. The van der Waals surface area contributed by atoms with Crippen molar-refractivity contribution in [2.45, 2.75) is 38.5 Å². The maximum Gasteiger partial charge on any atom is 0.123 e. The van der Waals surface area contributed by atoms with E-state index in [1.54, 1.807) is 11.8 Å². The Balaban J connectivity index is 0.00000106. The molecule has 1 aromatic carbocycles. The molecule has 0 aliphatic rings. The van der Waals surface area contributed by atoms with Gasteiger partial charge in [-0.05, 0) is 37.1 Å². The van der Waals surface area contributed by atoms with Crippen LogP contribution in [0, 0.1) is 5.82 Å². The highest BCUT2D eigenvalue weighted by atomic mass is 32.2. The van der Waals surface area contributed by atoms with E-state index < -0.39 is 0 Å². The van der Waals surface area contributed by atoms with Gasteiger partial charge < -0.3 is 0 Å². The van der Waals surface area contributed by atoms with Gasteiger partial charge in [-0.2, -0.15) is 0 Å². The molecule has 2 heteroatoms. The van der Waals surface area contributed by atoms with Gasteiger partial charge in [0.2, 0.25) is 0 Å². The Morgan fingerprint density at radius 3 is 2.31 bits per heavy atom. The van der Waals surface area contributed by atoms with E-state index in [9.17, 15) is 4.39 Å². The van der Waals surface area contributed by atoms with E-state index in [0.717, 1.165) is 23.5 Å². The van der Waals surface area contributed by atoms with Crippen molar-refractivity contribution < 1.29 is 4.39 Å². The van der Waals surface area contributed by atoms with Crippen molar-refractivity contribution in [3.05, 3.63) is 42.2 Å². The summed E-state index contributed by atoms with van der Waals surface area (Å²) in [4.78, 5) is 1.14. The summed E-state index contributed by atoms with van der Waals surface area (Å²) in [6.45, 7) is 6.13. The van der Waals surface area contributed by atoms with Crippen molar-refractivity contribution in [2.24, 2.45) is 0 Å². The molecule has 0 unspecified atom stereocenters. The van der Waals surface area contributed by atoms with Gasteiger partial charge in [0, 0.05) is 10.6 Å². The zero-order valence-electron chi connectivity index (χ0n) is 10.4. The van der Waals surface area contributed by atoms with E-state index in [1.165, 1.54) is 12.1 Å². The van der Waals surface area contributed by atoms with Crippen LogP contribution in [-0.2, 0) is 0 Å². The molecular formula is C14H21FS. The Morgan fingerprint density at radius 2 is 1.75 bits per heavy atom. The van der Waals surface area contributed by atoms with Gasteiger partial charge in [0.25, 0.3) is 0 Å². The van der Waals surface area contributed by atoms with Crippen molar-refractivity contribution in [1.82, 2.24) is 0 Å². The summed E-state index contributed by atoms with van der Waals surface area (Å²) >= 11 is 1.76. The van der Waals surface area contributed by atoms with Crippen LogP contribution in [0.15, 0.2) is 41.3 Å². The second kappa shape index (κ2) is 10.7. The quantitative estimate of drug-likeness (QED) is 0.382.